The van der Waals surface area contributed by atoms with E-state index < -0.39 is 0 Å². The zero-order valence-corrected chi connectivity index (χ0v) is 16.0. The van der Waals surface area contributed by atoms with E-state index in [1.54, 1.807) is 14.1 Å². The maximum atomic E-state index is 11.2. The number of hydrogen-bond donors (Lipinski definition) is 6. The lowest BCUT2D eigenvalue weighted by molar-refractivity contribution is -0.131. The Hall–Kier alpha value is -2.20. The summed E-state index contributed by atoms with van der Waals surface area (Å²) in [6.45, 7) is 6.38. The lowest BCUT2D eigenvalue weighted by Crippen LogP contribution is -2.43. The quantitative estimate of drug-likeness (QED) is 0.218. The highest BCUT2D eigenvalue weighted by Crippen LogP contribution is 1.98. The number of carbonyl (C=O) groups is 4. The van der Waals surface area contributed by atoms with E-state index in [0.717, 1.165) is 0 Å². The molecular weight excluding hydrogens is 328 g/mol. The fraction of sp³-hybridized carbons (Fsp3) is 0.733. The summed E-state index contributed by atoms with van der Waals surface area (Å²) in [5.74, 6) is -1.09. The van der Waals surface area contributed by atoms with E-state index in [1.165, 1.54) is 7.05 Å². The molecule has 25 heavy (non-hydrogen) atoms. The van der Waals surface area contributed by atoms with Gasteiger partial charge in [0, 0.05) is 12.6 Å². The summed E-state index contributed by atoms with van der Waals surface area (Å²) in [4.78, 5) is 43.7. The molecule has 0 spiro atoms. The normalized spacial score (nSPS) is 10.0. The van der Waals surface area contributed by atoms with Gasteiger partial charge >= 0.3 is 0 Å². The minimum absolute atomic E-state index is 0.113. The summed E-state index contributed by atoms with van der Waals surface area (Å²) in [6.07, 6.45) is -0.239. The Balaban J connectivity index is 0. The van der Waals surface area contributed by atoms with Gasteiger partial charge < -0.3 is 31.9 Å². The van der Waals surface area contributed by atoms with Crippen molar-refractivity contribution in [3.63, 3.8) is 0 Å². The van der Waals surface area contributed by atoms with Gasteiger partial charge in [0.15, 0.2) is 0 Å². The summed E-state index contributed by atoms with van der Waals surface area (Å²) in [5.41, 5.74) is -0.291. The fourth-order valence-corrected chi connectivity index (χ4v) is 1.34. The van der Waals surface area contributed by atoms with Crippen LogP contribution in [0, 0.1) is 0 Å². The average molecular weight is 360 g/mol. The fourth-order valence-electron chi connectivity index (χ4n) is 1.34. The Labute approximate surface area is 149 Å². The van der Waals surface area contributed by atoms with Gasteiger partial charge in [-0.25, -0.2) is 0 Å². The second kappa shape index (κ2) is 14.2. The standard InChI is InChI=1S/C9H19N3O2.C6H13N3O2/c1-9(2,3)12-8(14)5-7(13)11-6-10-4;1-7-4-9-6(11)3-5(10)8-2/h10H,5-6H2,1-4H3,(H,11,13)(H,12,14);7H,3-4H2,1-2H3,(H,8,10)(H,9,11). The topological polar surface area (TPSA) is 140 Å². The lowest BCUT2D eigenvalue weighted by Gasteiger charge is -2.20. The molecule has 0 unspecified atom stereocenters. The highest BCUT2D eigenvalue weighted by atomic mass is 16.2. The second-order valence-corrected chi connectivity index (χ2v) is 6.09. The molecule has 0 aromatic rings. The van der Waals surface area contributed by atoms with E-state index in [1.807, 2.05) is 20.8 Å². The Morgan fingerprint density at radius 1 is 0.680 bits per heavy atom. The maximum absolute atomic E-state index is 11.2. The summed E-state index contributed by atoms with van der Waals surface area (Å²) in [5, 5.41) is 15.6. The van der Waals surface area contributed by atoms with E-state index in [9.17, 15) is 19.2 Å². The van der Waals surface area contributed by atoms with Crippen LogP contribution in [0.2, 0.25) is 0 Å². The molecule has 0 aromatic heterocycles. The first-order valence-corrected chi connectivity index (χ1v) is 7.89. The molecule has 0 saturated carbocycles. The van der Waals surface area contributed by atoms with Crippen molar-refractivity contribution in [2.45, 2.75) is 39.2 Å². The van der Waals surface area contributed by atoms with Crippen LogP contribution in [-0.2, 0) is 19.2 Å². The zero-order valence-electron chi connectivity index (χ0n) is 16.0. The van der Waals surface area contributed by atoms with Crippen LogP contribution in [0.4, 0.5) is 0 Å². The Kier molecular flexibility index (Phi) is 14.2. The molecule has 6 N–H and O–H groups in total. The molecular formula is C15H32N6O4. The molecule has 4 amide bonds. The van der Waals surface area contributed by atoms with E-state index in [0.29, 0.717) is 13.3 Å². The van der Waals surface area contributed by atoms with Crippen molar-refractivity contribution in [1.29, 1.82) is 0 Å². The first kappa shape index (κ1) is 25.0. The number of nitrogens with one attached hydrogen (secondary N) is 6. The van der Waals surface area contributed by atoms with Crippen LogP contribution in [0.1, 0.15) is 33.6 Å². The van der Waals surface area contributed by atoms with E-state index in [-0.39, 0.29) is 42.0 Å². The highest BCUT2D eigenvalue weighted by molar-refractivity contribution is 5.97. The highest BCUT2D eigenvalue weighted by Gasteiger charge is 2.15. The van der Waals surface area contributed by atoms with Gasteiger partial charge in [-0.05, 0) is 34.9 Å². The predicted octanol–water partition coefficient (Wildman–Crippen LogP) is -2.00. The van der Waals surface area contributed by atoms with Crippen LogP contribution in [0.5, 0.6) is 0 Å². The SMILES string of the molecule is CNCNC(=O)CC(=O)NC.CNCNC(=O)CC(=O)NC(C)(C)C. The molecule has 146 valence electrons. The monoisotopic (exact) mass is 360 g/mol. The molecule has 0 aliphatic heterocycles. The lowest BCUT2D eigenvalue weighted by atomic mass is 10.1. The molecule has 0 fully saturated rings. The molecule has 10 heteroatoms. The Morgan fingerprint density at radius 3 is 1.40 bits per heavy atom. The summed E-state index contributed by atoms with van der Waals surface area (Å²) < 4.78 is 0. The van der Waals surface area contributed by atoms with Crippen molar-refractivity contribution in [2.75, 3.05) is 34.5 Å². The summed E-state index contributed by atoms with van der Waals surface area (Å²) in [6, 6.07) is 0. The smallest absolute Gasteiger partial charge is 0.230 e. The van der Waals surface area contributed by atoms with Gasteiger partial charge in [-0.3, -0.25) is 19.2 Å². The van der Waals surface area contributed by atoms with Crippen molar-refractivity contribution in [3.05, 3.63) is 0 Å². The Bertz CT molecular complexity index is 434. The van der Waals surface area contributed by atoms with Gasteiger partial charge in [0.2, 0.25) is 23.6 Å². The molecule has 0 saturated heterocycles. The number of amides is 4. The van der Waals surface area contributed by atoms with Gasteiger partial charge in [-0.2, -0.15) is 0 Å². The van der Waals surface area contributed by atoms with Crippen LogP contribution in [0.15, 0.2) is 0 Å². The minimum atomic E-state index is -0.291. The summed E-state index contributed by atoms with van der Waals surface area (Å²) in [7, 11) is 4.92. The van der Waals surface area contributed by atoms with Crippen molar-refractivity contribution < 1.29 is 19.2 Å². The summed E-state index contributed by atoms with van der Waals surface area (Å²) >= 11 is 0. The molecule has 0 atom stereocenters. The molecule has 0 aliphatic rings. The van der Waals surface area contributed by atoms with Crippen LogP contribution in [0.25, 0.3) is 0 Å². The molecule has 0 aromatic carbocycles. The Morgan fingerprint density at radius 2 is 1.08 bits per heavy atom. The molecule has 0 rings (SSSR count). The maximum Gasteiger partial charge on any atom is 0.230 e. The van der Waals surface area contributed by atoms with Crippen LogP contribution in [-0.4, -0.2) is 63.6 Å². The molecule has 0 heterocycles. The third-order valence-corrected chi connectivity index (χ3v) is 2.36. The predicted molar refractivity (Wildman–Crippen MR) is 95.3 cm³/mol. The molecule has 10 nitrogen and oxygen atoms in total. The number of hydrogen-bond acceptors (Lipinski definition) is 6. The minimum Gasteiger partial charge on any atom is -0.359 e. The van der Waals surface area contributed by atoms with Crippen molar-refractivity contribution in [3.8, 4) is 0 Å². The second-order valence-electron chi connectivity index (χ2n) is 6.09. The van der Waals surface area contributed by atoms with Crippen molar-refractivity contribution >= 4 is 23.6 Å². The van der Waals surface area contributed by atoms with Crippen LogP contribution in [0.3, 0.4) is 0 Å². The molecule has 0 aliphatic carbocycles. The van der Waals surface area contributed by atoms with Crippen LogP contribution >= 0.6 is 0 Å². The number of carbonyl (C=O) groups excluding carboxylic acids is 4. The molecule has 0 bridgehead atoms. The van der Waals surface area contributed by atoms with E-state index in [2.05, 4.69) is 31.9 Å². The van der Waals surface area contributed by atoms with Crippen molar-refractivity contribution in [1.82, 2.24) is 31.9 Å². The van der Waals surface area contributed by atoms with Gasteiger partial charge in [0.1, 0.15) is 12.8 Å². The average Bonchev–Trinajstić information content (AvgIpc) is 2.49. The van der Waals surface area contributed by atoms with Gasteiger partial charge in [-0.1, -0.05) is 0 Å². The zero-order chi connectivity index (χ0) is 19.9. The van der Waals surface area contributed by atoms with Gasteiger partial charge in [0.05, 0.1) is 13.3 Å². The largest absolute Gasteiger partial charge is 0.359 e. The van der Waals surface area contributed by atoms with Gasteiger partial charge in [0.25, 0.3) is 0 Å². The van der Waals surface area contributed by atoms with E-state index >= 15 is 0 Å². The van der Waals surface area contributed by atoms with Gasteiger partial charge in [-0.15, -0.1) is 0 Å². The third-order valence-electron chi connectivity index (χ3n) is 2.36. The van der Waals surface area contributed by atoms with Crippen LogP contribution < -0.4 is 31.9 Å². The molecule has 0 radical (unpaired) electrons. The van der Waals surface area contributed by atoms with E-state index in [4.69, 9.17) is 0 Å². The first-order chi connectivity index (χ1) is 11.6. The number of rotatable bonds is 8. The third kappa shape index (κ3) is 19.8. The van der Waals surface area contributed by atoms with Crippen molar-refractivity contribution in [2.24, 2.45) is 0 Å². The first-order valence-electron chi connectivity index (χ1n) is 7.89.